The molecule has 0 aromatic carbocycles. The molecule has 90 valence electrons. The van der Waals surface area contributed by atoms with Crippen molar-refractivity contribution < 1.29 is 28.5 Å². The van der Waals surface area contributed by atoms with Crippen LogP contribution in [-0.4, -0.2) is 65.6 Å². The molecule has 0 aromatic heterocycles. The summed E-state index contributed by atoms with van der Waals surface area (Å²) in [6.07, 6.45) is 0. The lowest BCUT2D eigenvalue weighted by Gasteiger charge is -2.22. The van der Waals surface area contributed by atoms with Crippen LogP contribution < -0.4 is 0 Å². The van der Waals surface area contributed by atoms with Gasteiger partial charge in [0, 0.05) is 13.1 Å². The first-order valence-electron chi connectivity index (χ1n) is 4.31. The number of aliphatic hydroxyl groups excluding tert-OH is 2. The Balaban J connectivity index is 4.85. The SMILES string of the molecule is CC(C(=O)O)S(=O)(=O)N(CCO)CCO. The normalized spacial score (nSPS) is 14.1. The second kappa shape index (κ2) is 6.01. The fourth-order valence-electron chi connectivity index (χ4n) is 0.940. The van der Waals surface area contributed by atoms with E-state index in [2.05, 4.69) is 0 Å². The van der Waals surface area contributed by atoms with Gasteiger partial charge in [0.05, 0.1) is 13.2 Å². The zero-order valence-electron chi connectivity index (χ0n) is 8.33. The molecule has 0 aliphatic heterocycles. The van der Waals surface area contributed by atoms with E-state index in [1.165, 1.54) is 0 Å². The maximum Gasteiger partial charge on any atom is 0.323 e. The van der Waals surface area contributed by atoms with Crippen molar-refractivity contribution in [3.8, 4) is 0 Å². The van der Waals surface area contributed by atoms with E-state index in [9.17, 15) is 13.2 Å². The minimum Gasteiger partial charge on any atom is -0.480 e. The summed E-state index contributed by atoms with van der Waals surface area (Å²) in [6, 6.07) is 0. The van der Waals surface area contributed by atoms with Crippen LogP contribution in [-0.2, 0) is 14.8 Å². The molecule has 0 radical (unpaired) electrons. The van der Waals surface area contributed by atoms with Crippen molar-refractivity contribution in [2.75, 3.05) is 26.3 Å². The third kappa shape index (κ3) is 3.74. The fourth-order valence-corrected chi connectivity index (χ4v) is 2.31. The van der Waals surface area contributed by atoms with Gasteiger partial charge in [-0.05, 0) is 6.92 Å². The van der Waals surface area contributed by atoms with Crippen LogP contribution in [0.5, 0.6) is 0 Å². The zero-order chi connectivity index (χ0) is 12.1. The summed E-state index contributed by atoms with van der Waals surface area (Å²) in [7, 11) is -4.01. The Bertz CT molecular complexity index is 295. The van der Waals surface area contributed by atoms with Crippen molar-refractivity contribution in [1.29, 1.82) is 0 Å². The highest BCUT2D eigenvalue weighted by atomic mass is 32.2. The number of carbonyl (C=O) groups is 1. The van der Waals surface area contributed by atoms with Crippen LogP contribution in [0.15, 0.2) is 0 Å². The highest BCUT2D eigenvalue weighted by Crippen LogP contribution is 2.08. The first kappa shape index (κ1) is 14.3. The van der Waals surface area contributed by atoms with Crippen molar-refractivity contribution in [3.05, 3.63) is 0 Å². The number of carboxylic acid groups (broad SMARTS) is 1. The second-order valence-corrected chi connectivity index (χ2v) is 5.13. The van der Waals surface area contributed by atoms with E-state index >= 15 is 0 Å². The van der Waals surface area contributed by atoms with Gasteiger partial charge in [0.2, 0.25) is 10.0 Å². The number of aliphatic carboxylic acids is 1. The minimum absolute atomic E-state index is 0.222. The molecule has 0 amide bonds. The van der Waals surface area contributed by atoms with E-state index in [1.807, 2.05) is 0 Å². The maximum atomic E-state index is 11.6. The van der Waals surface area contributed by atoms with Crippen LogP contribution >= 0.6 is 0 Å². The predicted octanol–water partition coefficient (Wildman–Crippen LogP) is -1.92. The number of rotatable bonds is 7. The van der Waals surface area contributed by atoms with Crippen LogP contribution in [0.4, 0.5) is 0 Å². The first-order chi connectivity index (χ1) is 6.87. The Labute approximate surface area is 88.0 Å². The molecule has 0 spiro atoms. The monoisotopic (exact) mass is 241 g/mol. The second-order valence-electron chi connectivity index (χ2n) is 2.87. The molecule has 0 bridgehead atoms. The molecule has 0 aromatic rings. The Morgan fingerprint density at radius 1 is 1.27 bits per heavy atom. The van der Waals surface area contributed by atoms with E-state index in [1.54, 1.807) is 0 Å². The van der Waals surface area contributed by atoms with Gasteiger partial charge in [-0.2, -0.15) is 4.31 Å². The lowest BCUT2D eigenvalue weighted by atomic mass is 10.5. The molecule has 0 saturated heterocycles. The molecule has 0 saturated carbocycles. The predicted molar refractivity (Wildman–Crippen MR) is 51.8 cm³/mol. The van der Waals surface area contributed by atoms with Gasteiger partial charge in [0.15, 0.2) is 5.25 Å². The Morgan fingerprint density at radius 3 is 1.93 bits per heavy atom. The Hall–Kier alpha value is -0.700. The number of aliphatic hydroxyl groups is 2. The number of carboxylic acids is 1. The summed E-state index contributed by atoms with van der Waals surface area (Å²) in [6.45, 7) is -0.252. The van der Waals surface area contributed by atoms with Crippen LogP contribution in [0.2, 0.25) is 0 Å². The van der Waals surface area contributed by atoms with E-state index in [0.29, 0.717) is 0 Å². The van der Waals surface area contributed by atoms with Gasteiger partial charge in [-0.1, -0.05) is 0 Å². The van der Waals surface area contributed by atoms with E-state index in [0.717, 1.165) is 11.2 Å². The molecule has 0 heterocycles. The Morgan fingerprint density at radius 2 is 1.67 bits per heavy atom. The van der Waals surface area contributed by atoms with Gasteiger partial charge < -0.3 is 15.3 Å². The third-order valence-electron chi connectivity index (χ3n) is 1.85. The molecule has 0 aliphatic carbocycles. The van der Waals surface area contributed by atoms with Crippen molar-refractivity contribution in [3.63, 3.8) is 0 Å². The molecule has 8 heteroatoms. The minimum atomic E-state index is -4.01. The summed E-state index contributed by atoms with van der Waals surface area (Å²) < 4.78 is 23.9. The molecule has 15 heavy (non-hydrogen) atoms. The number of hydrogen-bond donors (Lipinski definition) is 3. The molecular formula is C7H15NO6S. The van der Waals surface area contributed by atoms with E-state index < -0.39 is 34.5 Å². The van der Waals surface area contributed by atoms with E-state index in [-0.39, 0.29) is 13.1 Å². The highest BCUT2D eigenvalue weighted by molar-refractivity contribution is 7.90. The topological polar surface area (TPSA) is 115 Å². The van der Waals surface area contributed by atoms with E-state index in [4.69, 9.17) is 15.3 Å². The van der Waals surface area contributed by atoms with Gasteiger partial charge in [-0.25, -0.2) is 8.42 Å². The van der Waals surface area contributed by atoms with Crippen molar-refractivity contribution >= 4 is 16.0 Å². The van der Waals surface area contributed by atoms with Gasteiger partial charge in [-0.15, -0.1) is 0 Å². The molecule has 3 N–H and O–H groups in total. The summed E-state index contributed by atoms with van der Waals surface area (Å²) in [5.74, 6) is -1.46. The zero-order valence-corrected chi connectivity index (χ0v) is 9.14. The lowest BCUT2D eigenvalue weighted by molar-refractivity contribution is -0.136. The number of hydrogen-bond acceptors (Lipinski definition) is 5. The van der Waals surface area contributed by atoms with Gasteiger partial charge in [0.1, 0.15) is 0 Å². The summed E-state index contributed by atoms with van der Waals surface area (Å²) in [5, 5.41) is 24.2. The summed E-state index contributed by atoms with van der Waals surface area (Å²) >= 11 is 0. The average molecular weight is 241 g/mol. The van der Waals surface area contributed by atoms with Gasteiger partial charge >= 0.3 is 5.97 Å². The molecule has 1 atom stereocenters. The third-order valence-corrected chi connectivity index (χ3v) is 4.03. The molecular weight excluding hydrogens is 226 g/mol. The van der Waals surface area contributed by atoms with Crippen molar-refractivity contribution in [2.45, 2.75) is 12.2 Å². The van der Waals surface area contributed by atoms with Gasteiger partial charge in [-0.3, -0.25) is 4.79 Å². The quantitative estimate of drug-likeness (QED) is 0.478. The van der Waals surface area contributed by atoms with Crippen LogP contribution in [0.3, 0.4) is 0 Å². The standard InChI is InChI=1S/C7H15NO6S/c1-6(7(11)12)15(13,14)8(2-4-9)3-5-10/h6,9-10H,2-5H2,1H3,(H,11,12). The molecule has 0 fully saturated rings. The highest BCUT2D eigenvalue weighted by Gasteiger charge is 2.33. The average Bonchev–Trinajstić information content (AvgIpc) is 2.16. The smallest absolute Gasteiger partial charge is 0.323 e. The van der Waals surface area contributed by atoms with Crippen molar-refractivity contribution in [2.24, 2.45) is 0 Å². The first-order valence-corrected chi connectivity index (χ1v) is 5.81. The molecule has 0 rings (SSSR count). The lowest BCUT2D eigenvalue weighted by Crippen LogP contribution is -2.43. The van der Waals surface area contributed by atoms with Crippen molar-refractivity contribution in [1.82, 2.24) is 4.31 Å². The van der Waals surface area contributed by atoms with Crippen LogP contribution in [0, 0.1) is 0 Å². The Kier molecular flexibility index (Phi) is 5.73. The largest absolute Gasteiger partial charge is 0.480 e. The molecule has 1 unspecified atom stereocenters. The van der Waals surface area contributed by atoms with Crippen LogP contribution in [0.1, 0.15) is 6.92 Å². The maximum absolute atomic E-state index is 11.6. The fraction of sp³-hybridized carbons (Fsp3) is 0.857. The number of nitrogens with zero attached hydrogens (tertiary/aromatic N) is 1. The summed E-state index contributed by atoms with van der Waals surface area (Å²) in [5.41, 5.74) is 0. The molecule has 7 nitrogen and oxygen atoms in total. The number of sulfonamides is 1. The van der Waals surface area contributed by atoms with Gasteiger partial charge in [0.25, 0.3) is 0 Å². The van der Waals surface area contributed by atoms with Crippen LogP contribution in [0.25, 0.3) is 0 Å². The molecule has 0 aliphatic rings. The summed E-state index contributed by atoms with van der Waals surface area (Å²) in [4.78, 5) is 10.5.